The average molecular weight is 212 g/mol. The van der Waals surface area contributed by atoms with Crippen molar-refractivity contribution in [1.82, 2.24) is 20.2 Å². The summed E-state index contributed by atoms with van der Waals surface area (Å²) < 4.78 is 1.74. The first-order valence-corrected chi connectivity index (χ1v) is 5.09. The number of carbonyl (C=O) groups is 1. The van der Waals surface area contributed by atoms with Crippen LogP contribution in [0.1, 0.15) is 44.9 Å². The van der Waals surface area contributed by atoms with E-state index in [1.54, 1.807) is 4.68 Å². The molecule has 0 aliphatic rings. The maximum absolute atomic E-state index is 10.3. The number of unbranched alkanes of at least 4 members (excludes halogenated alkanes) is 1. The molecule has 1 rings (SSSR count). The van der Waals surface area contributed by atoms with Crippen LogP contribution in [-0.4, -0.2) is 31.3 Å². The van der Waals surface area contributed by atoms with Crippen molar-refractivity contribution < 1.29 is 9.90 Å². The van der Waals surface area contributed by atoms with Crippen molar-refractivity contribution >= 4 is 5.97 Å². The predicted octanol–water partition coefficient (Wildman–Crippen LogP) is 1.05. The standard InChI is InChI=1S/C9H16N4O2/c1-7(2)9-10-11-12-13(9)6-4-3-5-8(14)15/h7H,3-6H2,1-2H3,(H,14,15). The fourth-order valence-corrected chi connectivity index (χ4v) is 1.32. The zero-order chi connectivity index (χ0) is 11.3. The highest BCUT2D eigenvalue weighted by Gasteiger charge is 2.09. The van der Waals surface area contributed by atoms with Crippen molar-refractivity contribution in [2.24, 2.45) is 0 Å². The van der Waals surface area contributed by atoms with Crippen LogP contribution < -0.4 is 0 Å². The summed E-state index contributed by atoms with van der Waals surface area (Å²) in [5.41, 5.74) is 0. The third-order valence-electron chi connectivity index (χ3n) is 2.09. The summed E-state index contributed by atoms with van der Waals surface area (Å²) in [6.45, 7) is 4.74. The molecule has 0 saturated carbocycles. The number of hydrogen-bond donors (Lipinski definition) is 1. The number of aromatic nitrogens is 4. The first-order valence-electron chi connectivity index (χ1n) is 5.09. The summed E-state index contributed by atoms with van der Waals surface area (Å²) in [5.74, 6) is 0.389. The third kappa shape index (κ3) is 3.65. The molecule has 0 unspecified atom stereocenters. The van der Waals surface area contributed by atoms with Gasteiger partial charge in [-0.2, -0.15) is 0 Å². The van der Waals surface area contributed by atoms with E-state index in [0.29, 0.717) is 18.9 Å². The van der Waals surface area contributed by atoms with Crippen molar-refractivity contribution in [2.45, 2.75) is 45.6 Å². The van der Waals surface area contributed by atoms with Crippen molar-refractivity contribution in [3.8, 4) is 0 Å². The Hall–Kier alpha value is -1.46. The molecule has 0 spiro atoms. The van der Waals surface area contributed by atoms with E-state index in [1.165, 1.54) is 0 Å². The Morgan fingerprint density at radius 3 is 2.80 bits per heavy atom. The maximum Gasteiger partial charge on any atom is 0.303 e. The molecule has 0 radical (unpaired) electrons. The minimum absolute atomic E-state index is 0.207. The number of carboxylic acids is 1. The topological polar surface area (TPSA) is 80.9 Å². The van der Waals surface area contributed by atoms with E-state index >= 15 is 0 Å². The first kappa shape index (κ1) is 11.6. The first-order chi connectivity index (χ1) is 7.11. The Balaban J connectivity index is 2.37. The van der Waals surface area contributed by atoms with Gasteiger partial charge in [0.05, 0.1) is 0 Å². The molecule has 1 aromatic heterocycles. The molecular formula is C9H16N4O2. The predicted molar refractivity (Wildman–Crippen MR) is 53.4 cm³/mol. The lowest BCUT2D eigenvalue weighted by molar-refractivity contribution is -0.137. The van der Waals surface area contributed by atoms with E-state index in [9.17, 15) is 4.79 Å². The van der Waals surface area contributed by atoms with Gasteiger partial charge in [-0.15, -0.1) is 5.10 Å². The second kappa shape index (κ2) is 5.43. The van der Waals surface area contributed by atoms with E-state index in [1.807, 2.05) is 13.8 Å². The molecule has 0 aliphatic heterocycles. The molecule has 0 amide bonds. The second-order valence-electron chi connectivity index (χ2n) is 3.77. The van der Waals surface area contributed by atoms with Crippen LogP contribution in [0.3, 0.4) is 0 Å². The van der Waals surface area contributed by atoms with Gasteiger partial charge in [-0.05, 0) is 23.3 Å². The summed E-state index contributed by atoms with van der Waals surface area (Å²) in [6.07, 6.45) is 1.66. The molecule has 0 saturated heterocycles. The fraction of sp³-hybridized carbons (Fsp3) is 0.778. The largest absolute Gasteiger partial charge is 0.481 e. The molecule has 0 bridgehead atoms. The number of tetrazole rings is 1. The van der Waals surface area contributed by atoms with Crippen LogP contribution in [0, 0.1) is 0 Å². The smallest absolute Gasteiger partial charge is 0.303 e. The van der Waals surface area contributed by atoms with Gasteiger partial charge in [-0.1, -0.05) is 13.8 Å². The van der Waals surface area contributed by atoms with Gasteiger partial charge in [0.25, 0.3) is 0 Å². The SMILES string of the molecule is CC(C)c1nnnn1CCCCC(=O)O. The Kier molecular flexibility index (Phi) is 4.20. The van der Waals surface area contributed by atoms with Gasteiger partial charge in [0.15, 0.2) is 5.82 Å². The number of rotatable bonds is 6. The molecule has 0 aliphatic carbocycles. The highest BCUT2D eigenvalue weighted by atomic mass is 16.4. The van der Waals surface area contributed by atoms with Crippen molar-refractivity contribution in [3.05, 3.63) is 5.82 Å². The van der Waals surface area contributed by atoms with E-state index < -0.39 is 5.97 Å². The monoisotopic (exact) mass is 212 g/mol. The molecule has 15 heavy (non-hydrogen) atoms. The van der Waals surface area contributed by atoms with Gasteiger partial charge in [-0.3, -0.25) is 4.79 Å². The molecule has 6 nitrogen and oxygen atoms in total. The zero-order valence-corrected chi connectivity index (χ0v) is 9.05. The minimum Gasteiger partial charge on any atom is -0.481 e. The molecule has 1 heterocycles. The van der Waals surface area contributed by atoms with Gasteiger partial charge < -0.3 is 5.11 Å². The molecule has 84 valence electrons. The van der Waals surface area contributed by atoms with Crippen LogP contribution >= 0.6 is 0 Å². The summed E-state index contributed by atoms with van der Waals surface area (Å²) >= 11 is 0. The van der Waals surface area contributed by atoms with Crippen LogP contribution in [0.5, 0.6) is 0 Å². The average Bonchev–Trinajstić information content (AvgIpc) is 2.60. The lowest BCUT2D eigenvalue weighted by Gasteiger charge is -2.05. The van der Waals surface area contributed by atoms with Crippen LogP contribution in [0.25, 0.3) is 0 Å². The molecule has 1 N–H and O–H groups in total. The Morgan fingerprint density at radius 2 is 2.20 bits per heavy atom. The van der Waals surface area contributed by atoms with Crippen LogP contribution in [-0.2, 0) is 11.3 Å². The molecule has 6 heteroatoms. The quantitative estimate of drug-likeness (QED) is 0.713. The number of aliphatic carboxylic acids is 1. The number of hydrogen-bond acceptors (Lipinski definition) is 4. The van der Waals surface area contributed by atoms with Crippen molar-refractivity contribution in [1.29, 1.82) is 0 Å². The van der Waals surface area contributed by atoms with Gasteiger partial charge in [0.1, 0.15) is 0 Å². The summed E-state index contributed by atoms with van der Waals surface area (Å²) in [6, 6.07) is 0. The number of nitrogens with zero attached hydrogens (tertiary/aromatic N) is 4. The highest BCUT2D eigenvalue weighted by molar-refractivity contribution is 5.66. The Labute approximate surface area is 88.3 Å². The maximum atomic E-state index is 10.3. The normalized spacial score (nSPS) is 10.9. The minimum atomic E-state index is -0.754. The van der Waals surface area contributed by atoms with E-state index in [2.05, 4.69) is 15.5 Å². The lowest BCUT2D eigenvalue weighted by atomic mass is 10.2. The second-order valence-corrected chi connectivity index (χ2v) is 3.77. The van der Waals surface area contributed by atoms with Gasteiger partial charge in [-0.25, -0.2) is 4.68 Å². The van der Waals surface area contributed by atoms with E-state index in [-0.39, 0.29) is 6.42 Å². The molecule has 0 aromatic carbocycles. The zero-order valence-electron chi connectivity index (χ0n) is 9.05. The third-order valence-corrected chi connectivity index (χ3v) is 2.09. The van der Waals surface area contributed by atoms with Gasteiger partial charge in [0.2, 0.25) is 0 Å². The van der Waals surface area contributed by atoms with Gasteiger partial charge in [0, 0.05) is 18.9 Å². The highest BCUT2D eigenvalue weighted by Crippen LogP contribution is 2.10. The van der Waals surface area contributed by atoms with Crippen molar-refractivity contribution in [3.63, 3.8) is 0 Å². The molecule has 0 fully saturated rings. The molecule has 0 atom stereocenters. The fourth-order valence-electron chi connectivity index (χ4n) is 1.32. The van der Waals surface area contributed by atoms with Crippen LogP contribution in [0.4, 0.5) is 0 Å². The van der Waals surface area contributed by atoms with Crippen LogP contribution in [0.2, 0.25) is 0 Å². The molecular weight excluding hydrogens is 196 g/mol. The number of carboxylic acid groups (broad SMARTS) is 1. The van der Waals surface area contributed by atoms with E-state index in [4.69, 9.17) is 5.11 Å². The summed E-state index contributed by atoms with van der Waals surface area (Å²) in [7, 11) is 0. The summed E-state index contributed by atoms with van der Waals surface area (Å²) in [4.78, 5) is 10.3. The Bertz CT molecular complexity index is 322. The summed E-state index contributed by atoms with van der Waals surface area (Å²) in [5, 5.41) is 19.8. The number of aryl methyl sites for hydroxylation is 1. The molecule has 1 aromatic rings. The van der Waals surface area contributed by atoms with Gasteiger partial charge >= 0.3 is 5.97 Å². The lowest BCUT2D eigenvalue weighted by Crippen LogP contribution is -2.08. The van der Waals surface area contributed by atoms with Crippen LogP contribution in [0.15, 0.2) is 0 Å². The van der Waals surface area contributed by atoms with Crippen molar-refractivity contribution in [2.75, 3.05) is 0 Å². The van der Waals surface area contributed by atoms with E-state index in [0.717, 1.165) is 12.2 Å². The Morgan fingerprint density at radius 1 is 1.47 bits per heavy atom.